The summed E-state index contributed by atoms with van der Waals surface area (Å²) in [5.41, 5.74) is 12.4. The first-order valence-corrected chi connectivity index (χ1v) is 4.09. The summed E-state index contributed by atoms with van der Waals surface area (Å²) < 4.78 is 0. The molecule has 0 spiro atoms. The van der Waals surface area contributed by atoms with Crippen molar-refractivity contribution in [2.24, 2.45) is 16.6 Å². The maximum Gasteiger partial charge on any atom is 0.274 e. The predicted octanol–water partition coefficient (Wildman–Crippen LogP) is -0.575. The highest BCUT2D eigenvalue weighted by Gasteiger charge is 2.13. The number of hydrogen-bond donors (Lipinski definition) is 3. The molecule has 0 radical (unpaired) electrons. The number of hydrogen-bond acceptors (Lipinski definition) is 4. The van der Waals surface area contributed by atoms with Crippen LogP contribution in [0.2, 0.25) is 0 Å². The molecule has 0 fully saturated rings. The monoisotopic (exact) mass is 206 g/mol. The molecule has 0 aliphatic carbocycles. The molecule has 0 saturated heterocycles. The molecule has 0 saturated carbocycles. The summed E-state index contributed by atoms with van der Waals surface area (Å²) in [6.07, 6.45) is 0. The molecule has 0 aromatic heterocycles. The van der Waals surface area contributed by atoms with Crippen LogP contribution in [0.4, 0.5) is 5.69 Å². The molecule has 1 rings (SSSR count). The molecule has 1 aromatic carbocycles. The second kappa shape index (κ2) is 4.75. The van der Waals surface area contributed by atoms with Crippen molar-refractivity contribution in [2.75, 3.05) is 5.43 Å². The molecule has 15 heavy (non-hydrogen) atoms. The third-order valence-corrected chi connectivity index (χ3v) is 1.54. The van der Waals surface area contributed by atoms with Gasteiger partial charge in [0.25, 0.3) is 11.8 Å². The van der Waals surface area contributed by atoms with Crippen LogP contribution in [-0.4, -0.2) is 17.5 Å². The number of carbonyl (C=O) groups excluding carboxylic acids is 2. The Morgan fingerprint density at radius 2 is 1.60 bits per heavy atom. The van der Waals surface area contributed by atoms with E-state index >= 15 is 0 Å². The number of primary amides is 2. The van der Waals surface area contributed by atoms with Crippen LogP contribution in [0, 0.1) is 0 Å². The van der Waals surface area contributed by atoms with E-state index in [2.05, 4.69) is 10.5 Å². The smallest absolute Gasteiger partial charge is 0.274 e. The maximum atomic E-state index is 10.7. The first kappa shape index (κ1) is 10.7. The minimum Gasteiger partial charge on any atom is -0.364 e. The van der Waals surface area contributed by atoms with Gasteiger partial charge in [0.1, 0.15) is 0 Å². The topological polar surface area (TPSA) is 111 Å². The highest BCUT2D eigenvalue weighted by atomic mass is 16.2. The summed E-state index contributed by atoms with van der Waals surface area (Å²) in [6.45, 7) is 0. The van der Waals surface area contributed by atoms with Gasteiger partial charge in [0.05, 0.1) is 5.69 Å². The molecule has 1 aromatic rings. The van der Waals surface area contributed by atoms with Gasteiger partial charge in [0, 0.05) is 0 Å². The number of carbonyl (C=O) groups is 2. The molecule has 6 nitrogen and oxygen atoms in total. The van der Waals surface area contributed by atoms with E-state index in [1.54, 1.807) is 24.3 Å². The average Bonchev–Trinajstić information content (AvgIpc) is 2.18. The van der Waals surface area contributed by atoms with Crippen LogP contribution in [0.3, 0.4) is 0 Å². The lowest BCUT2D eigenvalue weighted by molar-refractivity contribution is -0.115. The lowest BCUT2D eigenvalue weighted by Gasteiger charge is -2.00. The summed E-state index contributed by atoms with van der Waals surface area (Å²) in [6, 6.07) is 8.78. The molecule has 6 heteroatoms. The zero-order valence-electron chi connectivity index (χ0n) is 7.81. The van der Waals surface area contributed by atoms with Gasteiger partial charge in [-0.05, 0) is 12.1 Å². The number of hydrazone groups is 1. The number of nitrogens with zero attached hydrogens (tertiary/aromatic N) is 1. The Morgan fingerprint density at radius 3 is 2.07 bits per heavy atom. The zero-order chi connectivity index (χ0) is 11.3. The highest BCUT2D eigenvalue weighted by Crippen LogP contribution is 2.04. The average molecular weight is 206 g/mol. The fourth-order valence-corrected chi connectivity index (χ4v) is 0.865. The van der Waals surface area contributed by atoms with Crippen molar-refractivity contribution in [1.82, 2.24) is 0 Å². The van der Waals surface area contributed by atoms with Gasteiger partial charge in [-0.15, -0.1) is 0 Å². The van der Waals surface area contributed by atoms with Gasteiger partial charge in [-0.25, -0.2) is 0 Å². The van der Waals surface area contributed by atoms with E-state index in [1.807, 2.05) is 6.07 Å². The van der Waals surface area contributed by atoms with E-state index in [0.717, 1.165) is 0 Å². The lowest BCUT2D eigenvalue weighted by atomic mass is 10.3. The van der Waals surface area contributed by atoms with Crippen LogP contribution >= 0.6 is 0 Å². The van der Waals surface area contributed by atoms with Gasteiger partial charge in [-0.2, -0.15) is 5.10 Å². The van der Waals surface area contributed by atoms with Crippen LogP contribution in [0.15, 0.2) is 35.4 Å². The lowest BCUT2D eigenvalue weighted by Crippen LogP contribution is -2.36. The Labute approximate surface area is 85.9 Å². The van der Waals surface area contributed by atoms with E-state index in [1.165, 1.54) is 0 Å². The van der Waals surface area contributed by atoms with Gasteiger partial charge in [0.2, 0.25) is 5.71 Å². The SMILES string of the molecule is NC(=O)C(=NNc1ccccc1)C(N)=O. The van der Waals surface area contributed by atoms with Crippen molar-refractivity contribution in [3.8, 4) is 0 Å². The fraction of sp³-hybridized carbons (Fsp3) is 0. The van der Waals surface area contributed by atoms with E-state index in [-0.39, 0.29) is 0 Å². The first-order chi connectivity index (χ1) is 7.11. The summed E-state index contributed by atoms with van der Waals surface area (Å²) in [5, 5.41) is 3.51. The summed E-state index contributed by atoms with van der Waals surface area (Å²) in [5.74, 6) is -1.93. The van der Waals surface area contributed by atoms with Gasteiger partial charge >= 0.3 is 0 Å². The number of anilines is 1. The highest BCUT2D eigenvalue weighted by molar-refractivity contribution is 6.64. The number of rotatable bonds is 4. The van der Waals surface area contributed by atoms with Crippen molar-refractivity contribution in [3.63, 3.8) is 0 Å². The van der Waals surface area contributed by atoms with Gasteiger partial charge in [0.15, 0.2) is 0 Å². The Bertz CT molecular complexity index is 384. The van der Waals surface area contributed by atoms with Crippen LogP contribution in [0.25, 0.3) is 0 Å². The molecular weight excluding hydrogens is 196 g/mol. The Morgan fingerprint density at radius 1 is 1.07 bits per heavy atom. The number of para-hydroxylation sites is 1. The number of benzene rings is 1. The molecule has 0 aliphatic heterocycles. The normalized spacial score (nSPS) is 9.07. The molecule has 2 amide bonds. The molecule has 0 atom stereocenters. The van der Waals surface area contributed by atoms with E-state index < -0.39 is 17.5 Å². The quantitative estimate of drug-likeness (QED) is 0.348. The standard InChI is InChI=1S/C9H10N4O2/c10-8(14)7(9(11)15)13-12-6-4-2-1-3-5-6/h1-5,12H,(H2,10,14)(H2,11,15). The van der Waals surface area contributed by atoms with Crippen molar-refractivity contribution in [2.45, 2.75) is 0 Å². The largest absolute Gasteiger partial charge is 0.364 e. The molecule has 0 heterocycles. The van der Waals surface area contributed by atoms with Crippen molar-refractivity contribution in [3.05, 3.63) is 30.3 Å². The maximum absolute atomic E-state index is 10.7. The minimum absolute atomic E-state index is 0.515. The van der Waals surface area contributed by atoms with Crippen molar-refractivity contribution in [1.29, 1.82) is 0 Å². The van der Waals surface area contributed by atoms with Crippen LogP contribution in [-0.2, 0) is 9.59 Å². The Hall–Kier alpha value is -2.37. The second-order valence-electron chi connectivity index (χ2n) is 2.67. The fourth-order valence-electron chi connectivity index (χ4n) is 0.865. The third-order valence-electron chi connectivity index (χ3n) is 1.54. The number of nitrogens with one attached hydrogen (secondary N) is 1. The predicted molar refractivity (Wildman–Crippen MR) is 55.9 cm³/mol. The number of nitrogens with two attached hydrogens (primary N) is 2. The molecule has 78 valence electrons. The Balaban J connectivity index is 2.79. The van der Waals surface area contributed by atoms with Crippen LogP contribution in [0.1, 0.15) is 0 Å². The minimum atomic E-state index is -0.967. The molecule has 0 unspecified atom stereocenters. The molecule has 0 bridgehead atoms. The zero-order valence-corrected chi connectivity index (χ0v) is 7.81. The molecule has 0 aliphatic rings. The van der Waals surface area contributed by atoms with Gasteiger partial charge < -0.3 is 11.5 Å². The van der Waals surface area contributed by atoms with Crippen LogP contribution < -0.4 is 16.9 Å². The molecular formula is C9H10N4O2. The van der Waals surface area contributed by atoms with Gasteiger partial charge in [-0.3, -0.25) is 15.0 Å². The third kappa shape index (κ3) is 3.11. The van der Waals surface area contributed by atoms with Crippen LogP contribution in [0.5, 0.6) is 0 Å². The van der Waals surface area contributed by atoms with E-state index in [0.29, 0.717) is 5.69 Å². The second-order valence-corrected chi connectivity index (χ2v) is 2.67. The summed E-state index contributed by atoms with van der Waals surface area (Å²) >= 11 is 0. The van der Waals surface area contributed by atoms with Crippen molar-refractivity contribution < 1.29 is 9.59 Å². The van der Waals surface area contributed by atoms with E-state index in [9.17, 15) is 9.59 Å². The van der Waals surface area contributed by atoms with E-state index in [4.69, 9.17) is 11.5 Å². The van der Waals surface area contributed by atoms with Crippen molar-refractivity contribution >= 4 is 23.2 Å². The molecule has 5 N–H and O–H groups in total. The summed E-state index contributed by atoms with van der Waals surface area (Å²) in [7, 11) is 0. The first-order valence-electron chi connectivity index (χ1n) is 4.09. The van der Waals surface area contributed by atoms with Gasteiger partial charge in [-0.1, -0.05) is 18.2 Å². The Kier molecular flexibility index (Phi) is 3.39. The number of amides is 2. The summed E-state index contributed by atoms with van der Waals surface area (Å²) in [4.78, 5) is 21.4.